The molecule has 1 aromatic heterocycles. The number of hydrogen-bond donors (Lipinski definition) is 0. The van der Waals surface area contributed by atoms with E-state index in [-0.39, 0.29) is 41.5 Å². The van der Waals surface area contributed by atoms with Crippen LogP contribution in [0.4, 0.5) is 13.2 Å². The van der Waals surface area contributed by atoms with Gasteiger partial charge in [-0.1, -0.05) is 12.1 Å². The second-order valence-electron chi connectivity index (χ2n) is 6.74. The predicted octanol–water partition coefficient (Wildman–Crippen LogP) is 3.06. The Balaban J connectivity index is 1.90. The summed E-state index contributed by atoms with van der Waals surface area (Å²) in [6.07, 6.45) is -4.38. The lowest BCUT2D eigenvalue weighted by Gasteiger charge is -2.30. The van der Waals surface area contributed by atoms with Gasteiger partial charge in [0.25, 0.3) is 15.9 Å². The molecule has 28 heavy (non-hydrogen) atoms. The summed E-state index contributed by atoms with van der Waals surface area (Å²) in [5.74, 6) is -0.343. The molecule has 6 nitrogen and oxygen atoms in total. The van der Waals surface area contributed by atoms with E-state index in [1.807, 2.05) is 0 Å². The number of fused-ring (bicyclic) bond motifs is 1. The normalized spacial score (nSPS) is 15.0. The van der Waals surface area contributed by atoms with Crippen molar-refractivity contribution in [1.29, 1.82) is 0 Å². The number of rotatable bonds is 3. The topological polar surface area (TPSA) is 70.8 Å². The molecule has 0 N–H and O–H groups in total. The third kappa shape index (κ3) is 3.53. The number of halogens is 3. The smallest absolute Gasteiger partial charge is 0.416 e. The molecule has 10 heteroatoms. The summed E-state index contributed by atoms with van der Waals surface area (Å²) in [6.45, 7) is 1.58. The Hall–Kier alpha value is -2.33. The summed E-state index contributed by atoms with van der Waals surface area (Å²) in [5.41, 5.74) is 0.0161. The molecule has 0 bridgehead atoms. The minimum atomic E-state index is -4.45. The fraction of sp³-hybridized carbons (Fsp3) is 0.389. The van der Waals surface area contributed by atoms with Gasteiger partial charge in [-0.05, 0) is 30.5 Å². The zero-order chi connectivity index (χ0) is 20.9. The molecule has 0 saturated heterocycles. The first-order chi connectivity index (χ1) is 12.9. The van der Waals surface area contributed by atoms with E-state index in [0.29, 0.717) is 5.56 Å². The maximum Gasteiger partial charge on any atom is 0.416 e. The van der Waals surface area contributed by atoms with E-state index in [1.54, 1.807) is 6.07 Å². The van der Waals surface area contributed by atoms with E-state index in [9.17, 15) is 26.4 Å². The Morgan fingerprint density at radius 2 is 1.93 bits per heavy atom. The summed E-state index contributed by atoms with van der Waals surface area (Å²) < 4.78 is 70.1. The monoisotopic (exact) mass is 416 g/mol. The van der Waals surface area contributed by atoms with E-state index in [2.05, 4.69) is 0 Å². The van der Waals surface area contributed by atoms with Gasteiger partial charge < -0.3 is 9.32 Å². The molecule has 0 radical (unpaired) electrons. The van der Waals surface area contributed by atoms with Crippen LogP contribution in [0.5, 0.6) is 0 Å². The Morgan fingerprint density at radius 3 is 2.54 bits per heavy atom. The van der Waals surface area contributed by atoms with Crippen LogP contribution in [-0.2, 0) is 29.2 Å². The van der Waals surface area contributed by atoms with Gasteiger partial charge >= 0.3 is 6.18 Å². The quantitative estimate of drug-likeness (QED) is 0.771. The average Bonchev–Trinajstić information content (AvgIpc) is 3.01. The van der Waals surface area contributed by atoms with Crippen LogP contribution in [0.2, 0.25) is 0 Å². The number of benzene rings is 1. The van der Waals surface area contributed by atoms with Crippen LogP contribution in [0.25, 0.3) is 0 Å². The van der Waals surface area contributed by atoms with Gasteiger partial charge in [-0.2, -0.15) is 13.2 Å². The number of aryl methyl sites for hydroxylation is 1. The molecule has 0 spiro atoms. The summed E-state index contributed by atoms with van der Waals surface area (Å²) in [5, 5.41) is -0.352. The second-order valence-corrected chi connectivity index (χ2v) is 8.82. The van der Waals surface area contributed by atoms with Gasteiger partial charge in [-0.15, -0.1) is 0 Å². The van der Waals surface area contributed by atoms with Crippen LogP contribution < -0.4 is 0 Å². The molecule has 1 aromatic carbocycles. The van der Waals surface area contributed by atoms with Crippen molar-refractivity contribution in [2.45, 2.75) is 31.2 Å². The van der Waals surface area contributed by atoms with Crippen molar-refractivity contribution in [1.82, 2.24) is 9.21 Å². The molecule has 2 aromatic rings. The zero-order valence-electron chi connectivity index (χ0n) is 15.5. The fourth-order valence-electron chi connectivity index (χ4n) is 3.19. The molecule has 152 valence electrons. The third-order valence-electron chi connectivity index (χ3n) is 4.72. The molecule has 1 aliphatic heterocycles. The molecular formula is C18H19F3N2O4S. The van der Waals surface area contributed by atoms with Crippen LogP contribution in [0, 0.1) is 6.92 Å². The van der Waals surface area contributed by atoms with Crippen LogP contribution in [0.1, 0.15) is 32.8 Å². The van der Waals surface area contributed by atoms with Gasteiger partial charge in [0.15, 0.2) is 0 Å². The van der Waals surface area contributed by atoms with Crippen molar-refractivity contribution < 1.29 is 30.8 Å². The van der Waals surface area contributed by atoms with E-state index in [1.165, 1.54) is 32.0 Å². The Morgan fingerprint density at radius 1 is 1.25 bits per heavy atom. The Labute approximate surface area is 160 Å². The number of carbonyl (C=O) groups is 1. The largest absolute Gasteiger partial charge is 0.448 e. The number of alkyl halides is 3. The molecule has 0 saturated carbocycles. The number of nitrogens with zero attached hydrogens (tertiary/aromatic N) is 2. The van der Waals surface area contributed by atoms with Crippen LogP contribution in [0.15, 0.2) is 33.8 Å². The lowest BCUT2D eigenvalue weighted by atomic mass is 9.94. The van der Waals surface area contributed by atoms with Gasteiger partial charge in [0.2, 0.25) is 5.09 Å². The van der Waals surface area contributed by atoms with Gasteiger partial charge in [0, 0.05) is 33.3 Å². The van der Waals surface area contributed by atoms with E-state index in [4.69, 9.17) is 4.42 Å². The van der Waals surface area contributed by atoms with Crippen molar-refractivity contribution >= 4 is 15.9 Å². The summed E-state index contributed by atoms with van der Waals surface area (Å²) >= 11 is 0. The van der Waals surface area contributed by atoms with Crippen molar-refractivity contribution in [3.63, 3.8) is 0 Å². The molecule has 0 unspecified atom stereocenters. The Kier molecular flexibility index (Phi) is 5.05. The van der Waals surface area contributed by atoms with Crippen molar-refractivity contribution in [2.24, 2.45) is 0 Å². The second kappa shape index (κ2) is 6.93. The highest BCUT2D eigenvalue weighted by atomic mass is 32.2. The van der Waals surface area contributed by atoms with Gasteiger partial charge in [0.05, 0.1) is 11.1 Å². The number of amides is 1. The van der Waals surface area contributed by atoms with E-state index in [0.717, 1.165) is 16.4 Å². The maximum atomic E-state index is 13.2. The van der Waals surface area contributed by atoms with Gasteiger partial charge in [0.1, 0.15) is 5.76 Å². The molecule has 0 fully saturated rings. The van der Waals surface area contributed by atoms with Crippen LogP contribution in [0.3, 0.4) is 0 Å². The first-order valence-corrected chi connectivity index (χ1v) is 9.87. The Bertz CT molecular complexity index is 1030. The highest BCUT2D eigenvalue weighted by Gasteiger charge is 2.36. The predicted molar refractivity (Wildman–Crippen MR) is 94.2 cm³/mol. The molecule has 0 atom stereocenters. The standard InChI is InChI=1S/C18H19F3N2O4S/c1-11-14(9-16(27-11)28(25,26)22(2)3)17(24)23-8-7-13-12(10-23)5-4-6-15(13)18(19,20)21/h4-6,9H,7-8,10H2,1-3H3. The lowest BCUT2D eigenvalue weighted by molar-refractivity contribution is -0.138. The lowest BCUT2D eigenvalue weighted by Crippen LogP contribution is -2.37. The molecule has 2 heterocycles. The summed E-state index contributed by atoms with van der Waals surface area (Å²) in [6, 6.07) is 5.08. The highest BCUT2D eigenvalue weighted by Crippen LogP contribution is 2.36. The van der Waals surface area contributed by atoms with Crippen LogP contribution in [-0.4, -0.2) is 44.2 Å². The number of sulfonamides is 1. The minimum absolute atomic E-state index is 0.0124. The summed E-state index contributed by atoms with van der Waals surface area (Å²) in [4.78, 5) is 14.3. The fourth-order valence-corrected chi connectivity index (χ4v) is 4.05. The van der Waals surface area contributed by atoms with Crippen LogP contribution >= 0.6 is 0 Å². The third-order valence-corrected chi connectivity index (χ3v) is 6.39. The molecule has 1 aliphatic rings. The van der Waals surface area contributed by atoms with E-state index >= 15 is 0 Å². The van der Waals surface area contributed by atoms with Gasteiger partial charge in [-0.3, -0.25) is 4.79 Å². The SMILES string of the molecule is Cc1oc(S(=O)(=O)N(C)C)cc1C(=O)N1CCc2c(cccc2C(F)(F)F)C1. The molecule has 1 amide bonds. The van der Waals surface area contributed by atoms with Crippen molar-refractivity contribution in [3.05, 3.63) is 52.3 Å². The van der Waals surface area contributed by atoms with Crippen molar-refractivity contribution in [2.75, 3.05) is 20.6 Å². The minimum Gasteiger partial charge on any atom is -0.448 e. The molecule has 3 rings (SSSR count). The van der Waals surface area contributed by atoms with Crippen molar-refractivity contribution in [3.8, 4) is 0 Å². The first kappa shape index (κ1) is 20.4. The number of furan rings is 1. The van der Waals surface area contributed by atoms with Gasteiger partial charge in [-0.25, -0.2) is 12.7 Å². The summed E-state index contributed by atoms with van der Waals surface area (Å²) in [7, 11) is -1.16. The number of hydrogen-bond acceptors (Lipinski definition) is 4. The first-order valence-electron chi connectivity index (χ1n) is 8.43. The average molecular weight is 416 g/mol. The number of carbonyl (C=O) groups excluding carboxylic acids is 1. The molecule has 0 aliphatic carbocycles. The highest BCUT2D eigenvalue weighted by molar-refractivity contribution is 7.88. The van der Waals surface area contributed by atoms with E-state index < -0.39 is 27.7 Å². The maximum absolute atomic E-state index is 13.2. The molecular weight excluding hydrogens is 397 g/mol. The zero-order valence-corrected chi connectivity index (χ0v) is 16.3.